The molecule has 5 rings (SSSR count). The Hall–Kier alpha value is -0.900. The molecule has 4 heterocycles. The molecule has 3 nitrogen and oxygen atoms in total. The molecule has 0 radical (unpaired) electrons. The monoisotopic (exact) mass is 272 g/mol. The number of piperidine rings is 3. The van der Waals surface area contributed by atoms with Crippen molar-refractivity contribution in [2.75, 3.05) is 32.8 Å². The van der Waals surface area contributed by atoms with Crippen LogP contribution in [0.15, 0.2) is 30.3 Å². The number of rotatable bonds is 2. The van der Waals surface area contributed by atoms with E-state index in [0.29, 0.717) is 6.04 Å². The molecule has 0 saturated carbocycles. The number of ether oxygens (including phenoxy) is 1. The van der Waals surface area contributed by atoms with Gasteiger partial charge in [0.25, 0.3) is 0 Å². The SMILES string of the molecule is c1ccc(CC2N3CCC(CC3)C23CNCCO3)cc1. The van der Waals surface area contributed by atoms with Gasteiger partial charge in [0.1, 0.15) is 0 Å². The molecule has 4 aliphatic heterocycles. The molecular weight excluding hydrogens is 248 g/mol. The highest BCUT2D eigenvalue weighted by Gasteiger charge is 2.55. The van der Waals surface area contributed by atoms with Gasteiger partial charge in [-0.3, -0.25) is 4.90 Å². The molecule has 1 N–H and O–H groups in total. The molecule has 2 atom stereocenters. The van der Waals surface area contributed by atoms with Crippen LogP contribution in [0.3, 0.4) is 0 Å². The molecule has 2 unspecified atom stereocenters. The predicted octanol–water partition coefficient (Wildman–Crippen LogP) is 1.68. The number of morpholine rings is 1. The molecule has 0 amide bonds. The molecule has 1 aromatic carbocycles. The van der Waals surface area contributed by atoms with Crippen molar-refractivity contribution in [1.29, 1.82) is 0 Å². The second-order valence-corrected chi connectivity index (χ2v) is 6.50. The Morgan fingerprint density at radius 3 is 2.70 bits per heavy atom. The number of hydrogen-bond acceptors (Lipinski definition) is 3. The number of nitrogens with one attached hydrogen (secondary N) is 1. The predicted molar refractivity (Wildman–Crippen MR) is 79.8 cm³/mol. The summed E-state index contributed by atoms with van der Waals surface area (Å²) in [5.74, 6) is 0.744. The van der Waals surface area contributed by atoms with Crippen LogP contribution in [-0.4, -0.2) is 49.3 Å². The van der Waals surface area contributed by atoms with E-state index in [0.717, 1.165) is 32.0 Å². The maximum absolute atomic E-state index is 6.42. The zero-order chi connectivity index (χ0) is 13.4. The highest BCUT2D eigenvalue weighted by atomic mass is 16.5. The second kappa shape index (κ2) is 5.14. The van der Waals surface area contributed by atoms with Crippen LogP contribution in [0.4, 0.5) is 0 Å². The first-order valence-corrected chi connectivity index (χ1v) is 8.01. The van der Waals surface area contributed by atoms with Crippen molar-refractivity contribution in [1.82, 2.24) is 10.2 Å². The van der Waals surface area contributed by atoms with E-state index >= 15 is 0 Å². The van der Waals surface area contributed by atoms with Gasteiger partial charge in [-0.15, -0.1) is 0 Å². The molecule has 108 valence electrons. The van der Waals surface area contributed by atoms with Gasteiger partial charge in [0.2, 0.25) is 0 Å². The van der Waals surface area contributed by atoms with Gasteiger partial charge in [0.05, 0.1) is 12.2 Å². The van der Waals surface area contributed by atoms with E-state index in [-0.39, 0.29) is 5.60 Å². The normalized spacial score (nSPS) is 40.1. The van der Waals surface area contributed by atoms with Crippen LogP contribution >= 0.6 is 0 Å². The van der Waals surface area contributed by atoms with Crippen molar-refractivity contribution in [2.45, 2.75) is 30.9 Å². The van der Waals surface area contributed by atoms with Crippen molar-refractivity contribution >= 4 is 0 Å². The van der Waals surface area contributed by atoms with Gasteiger partial charge in [-0.05, 0) is 43.8 Å². The molecule has 0 aromatic heterocycles. The number of hydrogen-bond donors (Lipinski definition) is 1. The minimum atomic E-state index is 0.0601. The summed E-state index contributed by atoms with van der Waals surface area (Å²) in [4.78, 5) is 2.68. The Bertz CT molecular complexity index is 447. The van der Waals surface area contributed by atoms with Crippen molar-refractivity contribution in [2.24, 2.45) is 5.92 Å². The first-order valence-electron chi connectivity index (χ1n) is 8.01. The van der Waals surface area contributed by atoms with Crippen LogP contribution in [0.5, 0.6) is 0 Å². The molecule has 0 aliphatic carbocycles. The maximum atomic E-state index is 6.42. The standard InChI is InChI=1S/C17H24N2O/c1-2-4-14(5-3-1)12-16-17(13-18-8-11-20-17)15-6-9-19(16)10-7-15/h1-5,15-16,18H,6-13H2. The molecular formula is C17H24N2O. The van der Waals surface area contributed by atoms with Crippen molar-refractivity contribution < 1.29 is 4.74 Å². The van der Waals surface area contributed by atoms with Gasteiger partial charge >= 0.3 is 0 Å². The van der Waals surface area contributed by atoms with Gasteiger partial charge in [-0.2, -0.15) is 0 Å². The first kappa shape index (κ1) is 12.8. The van der Waals surface area contributed by atoms with Crippen molar-refractivity contribution in [3.8, 4) is 0 Å². The summed E-state index contributed by atoms with van der Waals surface area (Å²) in [5.41, 5.74) is 1.50. The minimum Gasteiger partial charge on any atom is -0.370 e. The highest BCUT2D eigenvalue weighted by molar-refractivity contribution is 5.20. The third kappa shape index (κ3) is 2.00. The smallest absolute Gasteiger partial charge is 0.0993 e. The molecule has 3 heteroatoms. The lowest BCUT2D eigenvalue weighted by atomic mass is 9.68. The van der Waals surface area contributed by atoms with Gasteiger partial charge in [-0.25, -0.2) is 0 Å². The zero-order valence-electron chi connectivity index (χ0n) is 12.1. The summed E-state index contributed by atoms with van der Waals surface area (Å²) in [7, 11) is 0. The average molecular weight is 272 g/mol. The number of nitrogens with zero attached hydrogens (tertiary/aromatic N) is 1. The van der Waals surface area contributed by atoms with E-state index in [2.05, 4.69) is 40.5 Å². The summed E-state index contributed by atoms with van der Waals surface area (Å²) >= 11 is 0. The first-order chi connectivity index (χ1) is 9.88. The van der Waals surface area contributed by atoms with Crippen LogP contribution in [0, 0.1) is 5.92 Å². The van der Waals surface area contributed by atoms with E-state index in [4.69, 9.17) is 4.74 Å². The van der Waals surface area contributed by atoms with Crippen LogP contribution in [0.25, 0.3) is 0 Å². The molecule has 4 saturated heterocycles. The molecule has 20 heavy (non-hydrogen) atoms. The quantitative estimate of drug-likeness (QED) is 0.886. The van der Waals surface area contributed by atoms with E-state index in [9.17, 15) is 0 Å². The van der Waals surface area contributed by atoms with Gasteiger partial charge < -0.3 is 10.1 Å². The van der Waals surface area contributed by atoms with Gasteiger partial charge in [0.15, 0.2) is 0 Å². The Labute approximate surface area is 121 Å². The molecule has 2 bridgehead atoms. The summed E-state index contributed by atoms with van der Waals surface area (Å²) in [6.45, 7) is 5.42. The average Bonchev–Trinajstić information content (AvgIpc) is 2.53. The van der Waals surface area contributed by atoms with Crippen LogP contribution in [-0.2, 0) is 11.2 Å². The Balaban J connectivity index is 1.64. The Morgan fingerprint density at radius 1 is 1.20 bits per heavy atom. The van der Waals surface area contributed by atoms with Gasteiger partial charge in [-0.1, -0.05) is 30.3 Å². The van der Waals surface area contributed by atoms with E-state index in [1.807, 2.05) is 0 Å². The van der Waals surface area contributed by atoms with E-state index in [1.54, 1.807) is 0 Å². The highest BCUT2D eigenvalue weighted by Crippen LogP contribution is 2.44. The molecule has 4 aliphatic rings. The zero-order valence-corrected chi connectivity index (χ0v) is 12.1. The molecule has 4 fully saturated rings. The van der Waals surface area contributed by atoms with Gasteiger partial charge in [0, 0.05) is 19.1 Å². The summed E-state index contributed by atoms with van der Waals surface area (Å²) < 4.78 is 6.42. The third-order valence-electron chi connectivity index (χ3n) is 5.55. The van der Waals surface area contributed by atoms with Crippen LogP contribution in [0.2, 0.25) is 0 Å². The largest absolute Gasteiger partial charge is 0.370 e. The molecule has 1 aromatic rings. The van der Waals surface area contributed by atoms with Crippen molar-refractivity contribution in [3.05, 3.63) is 35.9 Å². The fourth-order valence-electron chi connectivity index (χ4n) is 4.54. The lowest BCUT2D eigenvalue weighted by Crippen LogP contribution is -2.72. The molecule has 1 spiro atoms. The fourth-order valence-corrected chi connectivity index (χ4v) is 4.54. The minimum absolute atomic E-state index is 0.0601. The van der Waals surface area contributed by atoms with Crippen molar-refractivity contribution in [3.63, 3.8) is 0 Å². The lowest BCUT2D eigenvalue weighted by molar-refractivity contribution is -0.198. The Kier molecular flexibility index (Phi) is 3.29. The van der Waals surface area contributed by atoms with E-state index in [1.165, 1.54) is 31.5 Å². The summed E-state index contributed by atoms with van der Waals surface area (Å²) in [6, 6.07) is 11.5. The second-order valence-electron chi connectivity index (χ2n) is 6.50. The number of fused-ring (bicyclic) bond motifs is 2. The lowest BCUT2D eigenvalue weighted by Gasteiger charge is -2.59. The van der Waals surface area contributed by atoms with Crippen LogP contribution in [0.1, 0.15) is 18.4 Å². The topological polar surface area (TPSA) is 24.5 Å². The fraction of sp³-hybridized carbons (Fsp3) is 0.647. The third-order valence-corrected chi connectivity index (χ3v) is 5.55. The van der Waals surface area contributed by atoms with E-state index < -0.39 is 0 Å². The number of benzene rings is 1. The Morgan fingerprint density at radius 2 is 2.00 bits per heavy atom. The summed E-state index contributed by atoms with van der Waals surface area (Å²) in [6.07, 6.45) is 3.75. The van der Waals surface area contributed by atoms with Crippen LogP contribution < -0.4 is 5.32 Å². The maximum Gasteiger partial charge on any atom is 0.0993 e. The summed E-state index contributed by atoms with van der Waals surface area (Å²) in [5, 5.41) is 3.59.